The van der Waals surface area contributed by atoms with E-state index in [1.54, 1.807) is 12.4 Å². The van der Waals surface area contributed by atoms with E-state index in [-0.39, 0.29) is 6.04 Å². The lowest BCUT2D eigenvalue weighted by Crippen LogP contribution is -2.39. The van der Waals surface area contributed by atoms with Crippen LogP contribution in [0.4, 0.5) is 0 Å². The third kappa shape index (κ3) is 4.07. The van der Waals surface area contributed by atoms with Crippen LogP contribution in [0.5, 0.6) is 0 Å². The van der Waals surface area contributed by atoms with Crippen molar-refractivity contribution >= 4 is 5.97 Å². The number of carboxylic acids is 1. The topological polar surface area (TPSA) is 75.1 Å². The van der Waals surface area contributed by atoms with Gasteiger partial charge in [0, 0.05) is 18.4 Å². The Morgan fingerprint density at radius 1 is 1.33 bits per heavy atom. The van der Waals surface area contributed by atoms with Crippen molar-refractivity contribution in [2.24, 2.45) is 5.92 Å². The van der Waals surface area contributed by atoms with Crippen molar-refractivity contribution in [2.75, 3.05) is 0 Å². The minimum absolute atomic E-state index is 0.126. The molecule has 0 radical (unpaired) electrons. The molecule has 0 bridgehead atoms. The van der Waals surface area contributed by atoms with Crippen molar-refractivity contribution in [2.45, 2.75) is 46.2 Å². The zero-order valence-electron chi connectivity index (χ0n) is 11.3. The van der Waals surface area contributed by atoms with Crippen LogP contribution < -0.4 is 5.32 Å². The van der Waals surface area contributed by atoms with E-state index in [4.69, 9.17) is 0 Å². The van der Waals surface area contributed by atoms with E-state index in [0.29, 0.717) is 12.3 Å². The molecule has 0 saturated carbocycles. The maximum absolute atomic E-state index is 11.2. The molecule has 1 rings (SSSR count). The molecule has 1 heterocycles. The average Bonchev–Trinajstić information content (AvgIpc) is 2.27. The zero-order chi connectivity index (χ0) is 13.7. The highest BCUT2D eigenvalue weighted by atomic mass is 16.4. The van der Waals surface area contributed by atoms with Crippen LogP contribution in [-0.4, -0.2) is 27.1 Å². The predicted octanol–water partition coefficient (Wildman–Crippen LogP) is 1.93. The van der Waals surface area contributed by atoms with Gasteiger partial charge in [0.25, 0.3) is 0 Å². The lowest BCUT2D eigenvalue weighted by atomic mass is 10.0. The Kier molecular flexibility index (Phi) is 5.22. The Hall–Kier alpha value is -1.49. The van der Waals surface area contributed by atoms with Crippen LogP contribution in [0.2, 0.25) is 0 Å². The molecule has 0 amide bonds. The first kappa shape index (κ1) is 14.6. The molecule has 2 unspecified atom stereocenters. The number of hydrogen-bond acceptors (Lipinski definition) is 4. The minimum Gasteiger partial charge on any atom is -0.480 e. The second-order valence-electron chi connectivity index (χ2n) is 4.94. The number of aliphatic carboxylic acids is 1. The highest BCUT2D eigenvalue weighted by Gasteiger charge is 2.22. The van der Waals surface area contributed by atoms with Crippen LogP contribution >= 0.6 is 0 Å². The molecule has 18 heavy (non-hydrogen) atoms. The normalized spacial score (nSPS) is 14.5. The van der Waals surface area contributed by atoms with Crippen LogP contribution in [0.25, 0.3) is 0 Å². The number of aromatic nitrogens is 2. The highest BCUT2D eigenvalue weighted by molar-refractivity contribution is 5.73. The van der Waals surface area contributed by atoms with Gasteiger partial charge in [-0.05, 0) is 26.2 Å². The number of nitrogens with zero attached hydrogens (tertiary/aromatic N) is 2. The van der Waals surface area contributed by atoms with Gasteiger partial charge in [0.05, 0.1) is 11.4 Å². The second kappa shape index (κ2) is 6.44. The van der Waals surface area contributed by atoms with Crippen molar-refractivity contribution in [3.8, 4) is 0 Å². The Morgan fingerprint density at radius 2 is 1.94 bits per heavy atom. The molecule has 0 aromatic carbocycles. The quantitative estimate of drug-likeness (QED) is 0.808. The molecule has 1 aromatic rings. The van der Waals surface area contributed by atoms with Gasteiger partial charge in [0.1, 0.15) is 6.04 Å². The van der Waals surface area contributed by atoms with Crippen LogP contribution in [0.1, 0.15) is 44.6 Å². The van der Waals surface area contributed by atoms with Crippen molar-refractivity contribution in [3.05, 3.63) is 23.8 Å². The van der Waals surface area contributed by atoms with Gasteiger partial charge in [-0.3, -0.25) is 20.1 Å². The SMILES string of the molecule is Cc1nccnc1C(C)NC(CC(C)C)C(=O)O. The van der Waals surface area contributed by atoms with Gasteiger partial charge < -0.3 is 5.11 Å². The van der Waals surface area contributed by atoms with Crippen molar-refractivity contribution in [1.82, 2.24) is 15.3 Å². The molecule has 0 fully saturated rings. The lowest BCUT2D eigenvalue weighted by molar-refractivity contribution is -0.140. The first-order chi connectivity index (χ1) is 8.41. The Balaban J connectivity index is 2.75. The van der Waals surface area contributed by atoms with E-state index in [1.807, 2.05) is 27.7 Å². The smallest absolute Gasteiger partial charge is 0.320 e. The second-order valence-corrected chi connectivity index (χ2v) is 4.94. The van der Waals surface area contributed by atoms with Crippen LogP contribution in [0.15, 0.2) is 12.4 Å². The zero-order valence-corrected chi connectivity index (χ0v) is 11.3. The van der Waals surface area contributed by atoms with Gasteiger partial charge in [-0.25, -0.2) is 0 Å². The first-order valence-electron chi connectivity index (χ1n) is 6.18. The van der Waals surface area contributed by atoms with Gasteiger partial charge in [0.15, 0.2) is 0 Å². The van der Waals surface area contributed by atoms with Crippen LogP contribution in [0, 0.1) is 12.8 Å². The van der Waals surface area contributed by atoms with Crippen molar-refractivity contribution in [1.29, 1.82) is 0 Å². The monoisotopic (exact) mass is 251 g/mol. The summed E-state index contributed by atoms with van der Waals surface area (Å²) in [7, 11) is 0. The van der Waals surface area contributed by atoms with Gasteiger partial charge >= 0.3 is 5.97 Å². The summed E-state index contributed by atoms with van der Waals surface area (Å²) in [6.07, 6.45) is 3.85. The third-order valence-electron chi connectivity index (χ3n) is 2.79. The Labute approximate surface area is 108 Å². The summed E-state index contributed by atoms with van der Waals surface area (Å²) in [5.74, 6) is -0.495. The van der Waals surface area contributed by atoms with E-state index in [2.05, 4.69) is 15.3 Å². The molecular formula is C13H21N3O2. The molecular weight excluding hydrogens is 230 g/mol. The molecule has 1 aromatic heterocycles. The van der Waals surface area contributed by atoms with Gasteiger partial charge in [-0.2, -0.15) is 0 Å². The van der Waals surface area contributed by atoms with Gasteiger partial charge in [-0.15, -0.1) is 0 Å². The molecule has 100 valence electrons. The maximum Gasteiger partial charge on any atom is 0.320 e. The van der Waals surface area contributed by atoms with E-state index >= 15 is 0 Å². The van der Waals surface area contributed by atoms with Gasteiger partial charge in [-0.1, -0.05) is 13.8 Å². The molecule has 5 nitrogen and oxygen atoms in total. The summed E-state index contributed by atoms with van der Waals surface area (Å²) in [4.78, 5) is 19.6. The maximum atomic E-state index is 11.2. The number of hydrogen-bond donors (Lipinski definition) is 2. The van der Waals surface area contributed by atoms with E-state index in [1.165, 1.54) is 0 Å². The fourth-order valence-electron chi connectivity index (χ4n) is 1.94. The Morgan fingerprint density at radius 3 is 2.44 bits per heavy atom. The summed E-state index contributed by atoms with van der Waals surface area (Å²) in [5.41, 5.74) is 1.62. The van der Waals surface area contributed by atoms with Crippen molar-refractivity contribution in [3.63, 3.8) is 0 Å². The summed E-state index contributed by atoms with van der Waals surface area (Å²) in [6.45, 7) is 7.80. The first-order valence-corrected chi connectivity index (χ1v) is 6.18. The van der Waals surface area contributed by atoms with Crippen molar-refractivity contribution < 1.29 is 9.90 Å². The molecule has 0 spiro atoms. The highest BCUT2D eigenvalue weighted by Crippen LogP contribution is 2.15. The largest absolute Gasteiger partial charge is 0.480 e. The van der Waals surface area contributed by atoms with E-state index in [0.717, 1.165) is 11.4 Å². The Bertz CT molecular complexity index is 407. The number of aryl methyl sites for hydroxylation is 1. The van der Waals surface area contributed by atoms with Crippen LogP contribution in [-0.2, 0) is 4.79 Å². The molecule has 2 N–H and O–H groups in total. The molecule has 0 aliphatic carbocycles. The van der Waals surface area contributed by atoms with Gasteiger partial charge in [0.2, 0.25) is 0 Å². The number of nitrogens with one attached hydrogen (secondary N) is 1. The fourth-order valence-corrected chi connectivity index (χ4v) is 1.94. The standard InChI is InChI=1S/C13H21N3O2/c1-8(2)7-11(13(17)18)16-10(4)12-9(3)14-5-6-15-12/h5-6,8,10-11,16H,7H2,1-4H3,(H,17,18). The molecule has 0 aliphatic heterocycles. The molecule has 5 heteroatoms. The van der Waals surface area contributed by atoms with E-state index < -0.39 is 12.0 Å². The number of carboxylic acid groups (broad SMARTS) is 1. The summed E-state index contributed by atoms with van der Waals surface area (Å²) in [6, 6.07) is -0.681. The molecule has 2 atom stereocenters. The minimum atomic E-state index is -0.822. The molecule has 0 saturated heterocycles. The average molecular weight is 251 g/mol. The fraction of sp³-hybridized carbons (Fsp3) is 0.615. The summed E-state index contributed by atoms with van der Waals surface area (Å²) < 4.78 is 0. The third-order valence-corrected chi connectivity index (χ3v) is 2.79. The number of rotatable bonds is 6. The summed E-state index contributed by atoms with van der Waals surface area (Å²) >= 11 is 0. The molecule has 0 aliphatic rings. The van der Waals surface area contributed by atoms with Crippen LogP contribution in [0.3, 0.4) is 0 Å². The van der Waals surface area contributed by atoms with E-state index in [9.17, 15) is 9.90 Å². The summed E-state index contributed by atoms with van der Waals surface area (Å²) in [5, 5.41) is 12.3. The lowest BCUT2D eigenvalue weighted by Gasteiger charge is -2.21. The predicted molar refractivity (Wildman–Crippen MR) is 69.2 cm³/mol. The number of carbonyl (C=O) groups is 1.